The van der Waals surface area contributed by atoms with E-state index in [4.69, 9.17) is 4.74 Å². The fourth-order valence-electron chi connectivity index (χ4n) is 2.74. The van der Waals surface area contributed by atoms with Gasteiger partial charge in [-0.3, -0.25) is 9.48 Å². The number of hydrogen-bond donors (Lipinski definition) is 2. The van der Waals surface area contributed by atoms with E-state index in [0.29, 0.717) is 19.1 Å². The minimum atomic E-state index is -0.0319. The highest BCUT2D eigenvalue weighted by molar-refractivity contribution is 5.86. The largest absolute Gasteiger partial charge is 0.493 e. The zero-order valence-corrected chi connectivity index (χ0v) is 15.8. The van der Waals surface area contributed by atoms with Gasteiger partial charge < -0.3 is 20.3 Å². The summed E-state index contributed by atoms with van der Waals surface area (Å²) in [6.45, 7) is 1.14. The summed E-state index contributed by atoms with van der Waals surface area (Å²) in [5, 5.41) is 10.6. The number of rotatable bonds is 5. The number of aromatic nitrogens is 3. The van der Waals surface area contributed by atoms with E-state index in [1.54, 1.807) is 18.8 Å². The molecule has 2 N–H and O–H groups in total. The summed E-state index contributed by atoms with van der Waals surface area (Å²) in [7, 11) is 5.27. The number of carbonyl (C=O) groups is 1. The Bertz CT molecular complexity index is 816. The first-order valence-electron chi connectivity index (χ1n) is 8.84. The molecular weight excluding hydrogens is 346 g/mol. The standard InChI is InChI=1S/C18H25N7O2/c1-24(2)17(26)11-20-18(19-10-16-21-12-22-25(16)3)23-14-8-9-27-15-7-5-4-6-13(14)15/h4-7,12,14H,8-11H2,1-3H3,(H2,19,20,23). The quantitative estimate of drug-likeness (QED) is 0.586. The Kier molecular flexibility index (Phi) is 5.90. The monoisotopic (exact) mass is 371 g/mol. The number of aryl methyl sites for hydroxylation is 1. The number of guanidine groups is 1. The number of fused-ring (bicyclic) bond motifs is 1. The van der Waals surface area contributed by atoms with Gasteiger partial charge in [-0.05, 0) is 6.07 Å². The van der Waals surface area contributed by atoms with Crippen LogP contribution in [0.1, 0.15) is 23.9 Å². The lowest BCUT2D eigenvalue weighted by molar-refractivity contribution is -0.127. The third kappa shape index (κ3) is 4.75. The molecule has 1 atom stereocenters. The Morgan fingerprint density at radius 2 is 2.22 bits per heavy atom. The predicted molar refractivity (Wildman–Crippen MR) is 101 cm³/mol. The smallest absolute Gasteiger partial charge is 0.241 e. The fraction of sp³-hybridized carbons (Fsp3) is 0.444. The van der Waals surface area contributed by atoms with Gasteiger partial charge in [0.15, 0.2) is 5.96 Å². The number of aliphatic imine (C=N–C) groups is 1. The molecule has 9 nitrogen and oxygen atoms in total. The van der Waals surface area contributed by atoms with Crippen LogP contribution in [0.25, 0.3) is 0 Å². The third-order valence-electron chi connectivity index (χ3n) is 4.36. The molecule has 0 bridgehead atoms. The van der Waals surface area contributed by atoms with E-state index in [2.05, 4.69) is 25.7 Å². The minimum Gasteiger partial charge on any atom is -0.493 e. The summed E-state index contributed by atoms with van der Waals surface area (Å²) in [5.41, 5.74) is 1.08. The lowest BCUT2D eigenvalue weighted by atomic mass is 10.0. The fourth-order valence-corrected chi connectivity index (χ4v) is 2.74. The van der Waals surface area contributed by atoms with Crippen molar-refractivity contribution in [2.75, 3.05) is 27.2 Å². The maximum absolute atomic E-state index is 12.0. The number of benzene rings is 1. The first kappa shape index (κ1) is 18.7. The number of para-hydroxylation sites is 1. The van der Waals surface area contributed by atoms with Gasteiger partial charge in [0, 0.05) is 33.1 Å². The van der Waals surface area contributed by atoms with E-state index in [0.717, 1.165) is 23.6 Å². The van der Waals surface area contributed by atoms with Crippen LogP contribution in [0.2, 0.25) is 0 Å². The number of nitrogens with zero attached hydrogens (tertiary/aromatic N) is 5. The molecule has 1 aromatic carbocycles. The van der Waals surface area contributed by atoms with Crippen LogP contribution in [-0.4, -0.2) is 58.8 Å². The zero-order chi connectivity index (χ0) is 19.2. The maximum atomic E-state index is 12.0. The summed E-state index contributed by atoms with van der Waals surface area (Å²) < 4.78 is 7.39. The Balaban J connectivity index is 1.75. The molecule has 0 saturated carbocycles. The molecule has 2 aromatic rings. The molecule has 3 rings (SSSR count). The molecule has 0 saturated heterocycles. The van der Waals surface area contributed by atoms with Gasteiger partial charge in [-0.15, -0.1) is 0 Å². The van der Waals surface area contributed by atoms with Crippen LogP contribution in [0.3, 0.4) is 0 Å². The topological polar surface area (TPSA) is 96.7 Å². The van der Waals surface area contributed by atoms with Crippen molar-refractivity contribution in [3.8, 4) is 5.75 Å². The van der Waals surface area contributed by atoms with Crippen molar-refractivity contribution in [3.05, 3.63) is 42.0 Å². The highest BCUT2D eigenvalue weighted by Crippen LogP contribution is 2.31. The second-order valence-electron chi connectivity index (χ2n) is 6.48. The average molecular weight is 371 g/mol. The van der Waals surface area contributed by atoms with Crippen molar-refractivity contribution in [2.45, 2.75) is 19.0 Å². The molecule has 1 amide bonds. The first-order chi connectivity index (χ1) is 13.0. The highest BCUT2D eigenvalue weighted by Gasteiger charge is 2.22. The maximum Gasteiger partial charge on any atom is 0.241 e. The van der Waals surface area contributed by atoms with Crippen LogP contribution < -0.4 is 15.4 Å². The van der Waals surface area contributed by atoms with Crippen LogP contribution in [0.5, 0.6) is 5.75 Å². The highest BCUT2D eigenvalue weighted by atomic mass is 16.5. The number of amides is 1. The summed E-state index contributed by atoms with van der Waals surface area (Å²) in [5.74, 6) is 2.13. The molecule has 27 heavy (non-hydrogen) atoms. The van der Waals surface area contributed by atoms with Crippen LogP contribution in [0.4, 0.5) is 0 Å². The van der Waals surface area contributed by atoms with Gasteiger partial charge in [-0.1, -0.05) is 18.2 Å². The number of nitrogens with one attached hydrogen (secondary N) is 2. The molecule has 2 heterocycles. The molecule has 1 aliphatic heterocycles. The molecule has 9 heteroatoms. The molecule has 1 unspecified atom stereocenters. The second-order valence-corrected chi connectivity index (χ2v) is 6.48. The van der Waals surface area contributed by atoms with Gasteiger partial charge in [-0.25, -0.2) is 9.98 Å². The van der Waals surface area contributed by atoms with Gasteiger partial charge in [0.25, 0.3) is 0 Å². The van der Waals surface area contributed by atoms with Crippen molar-refractivity contribution in [1.29, 1.82) is 0 Å². The van der Waals surface area contributed by atoms with Crippen molar-refractivity contribution in [3.63, 3.8) is 0 Å². The molecule has 0 aliphatic carbocycles. The van der Waals surface area contributed by atoms with Crippen LogP contribution >= 0.6 is 0 Å². The number of hydrogen-bond acceptors (Lipinski definition) is 5. The first-order valence-corrected chi connectivity index (χ1v) is 8.84. The second kappa shape index (κ2) is 8.52. The summed E-state index contributed by atoms with van der Waals surface area (Å²) in [6, 6.07) is 8.00. The SMILES string of the molecule is CN(C)C(=O)CNC(=NCc1ncnn1C)NC1CCOc2ccccc21. The molecule has 1 aliphatic rings. The van der Waals surface area contributed by atoms with Gasteiger partial charge in [0.1, 0.15) is 24.4 Å². The van der Waals surface area contributed by atoms with Crippen LogP contribution in [0.15, 0.2) is 35.6 Å². The van der Waals surface area contributed by atoms with E-state index in [-0.39, 0.29) is 18.5 Å². The van der Waals surface area contributed by atoms with E-state index in [9.17, 15) is 4.79 Å². The summed E-state index contributed by atoms with van der Waals surface area (Å²) >= 11 is 0. The zero-order valence-electron chi connectivity index (χ0n) is 15.8. The average Bonchev–Trinajstić information content (AvgIpc) is 3.08. The lowest BCUT2D eigenvalue weighted by Gasteiger charge is -2.28. The lowest BCUT2D eigenvalue weighted by Crippen LogP contribution is -2.45. The third-order valence-corrected chi connectivity index (χ3v) is 4.36. The number of likely N-dealkylation sites (N-methyl/N-ethyl adjacent to an activating group) is 1. The predicted octanol–water partition coefficient (Wildman–Crippen LogP) is 0.462. The Labute approximate surface area is 158 Å². The molecule has 0 spiro atoms. The van der Waals surface area contributed by atoms with Crippen molar-refractivity contribution in [2.24, 2.45) is 12.0 Å². The van der Waals surface area contributed by atoms with Crippen molar-refractivity contribution < 1.29 is 9.53 Å². The molecular formula is C18H25N7O2. The normalized spacial score (nSPS) is 16.3. The molecule has 0 radical (unpaired) electrons. The van der Waals surface area contributed by atoms with Crippen molar-refractivity contribution >= 4 is 11.9 Å². The number of carbonyl (C=O) groups excluding carboxylic acids is 1. The Hall–Kier alpha value is -3.10. The van der Waals surface area contributed by atoms with E-state index in [1.807, 2.05) is 31.3 Å². The van der Waals surface area contributed by atoms with E-state index >= 15 is 0 Å². The van der Waals surface area contributed by atoms with Gasteiger partial charge in [-0.2, -0.15) is 5.10 Å². The molecule has 0 fully saturated rings. The summed E-state index contributed by atoms with van der Waals surface area (Å²) in [6.07, 6.45) is 2.30. The van der Waals surface area contributed by atoms with Gasteiger partial charge in [0.2, 0.25) is 5.91 Å². The van der Waals surface area contributed by atoms with E-state index < -0.39 is 0 Å². The van der Waals surface area contributed by atoms with Gasteiger partial charge in [0.05, 0.1) is 19.2 Å². The molecule has 144 valence electrons. The molecule has 1 aromatic heterocycles. The van der Waals surface area contributed by atoms with Crippen LogP contribution in [-0.2, 0) is 18.4 Å². The Morgan fingerprint density at radius 3 is 2.96 bits per heavy atom. The van der Waals surface area contributed by atoms with Crippen molar-refractivity contribution in [1.82, 2.24) is 30.3 Å². The number of ether oxygens (including phenoxy) is 1. The summed E-state index contributed by atoms with van der Waals surface area (Å²) in [4.78, 5) is 22.3. The minimum absolute atomic E-state index is 0.0319. The Morgan fingerprint density at radius 1 is 1.41 bits per heavy atom. The van der Waals surface area contributed by atoms with Crippen LogP contribution in [0, 0.1) is 0 Å². The van der Waals surface area contributed by atoms with E-state index in [1.165, 1.54) is 11.2 Å². The van der Waals surface area contributed by atoms with Gasteiger partial charge >= 0.3 is 0 Å².